The van der Waals surface area contributed by atoms with Crippen LogP contribution in [0.1, 0.15) is 60.0 Å². The molecule has 2 aliphatic carbocycles. The number of likely N-dealkylation sites (tertiary alicyclic amines) is 1. The van der Waals surface area contributed by atoms with Crippen molar-refractivity contribution in [2.24, 2.45) is 11.8 Å². The molecule has 1 saturated carbocycles. The summed E-state index contributed by atoms with van der Waals surface area (Å²) in [5.41, 5.74) is 1.93. The molecule has 5 rings (SSSR count). The van der Waals surface area contributed by atoms with Crippen LogP contribution in [0.25, 0.3) is 0 Å². The lowest BCUT2D eigenvalue weighted by Crippen LogP contribution is -2.38. The van der Waals surface area contributed by atoms with Crippen LogP contribution in [-0.2, 0) is 15.7 Å². The number of halogens is 4. The van der Waals surface area contributed by atoms with Crippen LogP contribution in [0.3, 0.4) is 0 Å². The van der Waals surface area contributed by atoms with Crippen LogP contribution in [0.2, 0.25) is 0 Å². The molecule has 2 fully saturated rings. The first-order valence-corrected chi connectivity index (χ1v) is 12.8. The fourth-order valence-electron chi connectivity index (χ4n) is 6.41. The lowest BCUT2D eigenvalue weighted by atomic mass is 9.69. The summed E-state index contributed by atoms with van der Waals surface area (Å²) in [5, 5.41) is 10.2. The molecule has 0 radical (unpaired) electrons. The van der Waals surface area contributed by atoms with Crippen LogP contribution in [0.5, 0.6) is 0 Å². The number of allylic oxidation sites excluding steroid dienone is 2. The minimum Gasteiger partial charge on any atom is -0.393 e. The molecule has 0 bridgehead atoms. The van der Waals surface area contributed by atoms with Gasteiger partial charge in [-0.3, -0.25) is 4.79 Å². The molecule has 1 N–H and O–H groups in total. The first-order chi connectivity index (χ1) is 17.6. The van der Waals surface area contributed by atoms with E-state index in [1.807, 2.05) is 0 Å². The summed E-state index contributed by atoms with van der Waals surface area (Å²) in [6, 6.07) is 10.1. The molecular weight excluding hydrogens is 486 g/mol. The number of nitrogens with zero attached hydrogens (tertiary/aromatic N) is 1. The van der Waals surface area contributed by atoms with Gasteiger partial charge in [0.1, 0.15) is 11.9 Å². The summed E-state index contributed by atoms with van der Waals surface area (Å²) in [6.45, 7) is 2.71. The van der Waals surface area contributed by atoms with E-state index in [9.17, 15) is 27.5 Å². The average molecular weight is 518 g/mol. The number of benzene rings is 2. The summed E-state index contributed by atoms with van der Waals surface area (Å²) >= 11 is 0. The van der Waals surface area contributed by atoms with Crippen LogP contribution < -0.4 is 0 Å². The zero-order chi connectivity index (χ0) is 26.3. The Morgan fingerprint density at radius 2 is 1.84 bits per heavy atom. The highest BCUT2D eigenvalue weighted by molar-refractivity contribution is 5.92. The average Bonchev–Trinajstić information content (AvgIpc) is 3.48. The molecule has 8 heteroatoms. The Morgan fingerprint density at radius 1 is 1.08 bits per heavy atom. The minimum absolute atomic E-state index is 0.122. The molecule has 1 saturated heterocycles. The zero-order valence-electron chi connectivity index (χ0n) is 20.7. The largest absolute Gasteiger partial charge is 0.416 e. The Kier molecular flexibility index (Phi) is 7.16. The number of aryl methyl sites for hydroxylation is 1. The van der Waals surface area contributed by atoms with Gasteiger partial charge in [0, 0.05) is 37.2 Å². The van der Waals surface area contributed by atoms with Gasteiger partial charge >= 0.3 is 6.18 Å². The zero-order valence-corrected chi connectivity index (χ0v) is 20.7. The first kappa shape index (κ1) is 25.9. The lowest BCUT2D eigenvalue weighted by molar-refractivity contribution is -0.137. The van der Waals surface area contributed by atoms with E-state index in [4.69, 9.17) is 4.74 Å². The molecule has 198 valence electrons. The molecule has 2 aromatic rings. The molecule has 1 aliphatic heterocycles. The van der Waals surface area contributed by atoms with Gasteiger partial charge in [0.25, 0.3) is 0 Å². The number of alkyl halides is 3. The van der Waals surface area contributed by atoms with E-state index in [0.29, 0.717) is 24.3 Å². The standard InChI is InChI=1S/C29H31F4NO3/c1-17-10-20(12-21(11-17)29(31,32)33)27(16-35)37-26-9-4-19-14-34(23-7-8-24(36)13-23)15-25(19)28(26)18-2-5-22(30)6-3-18/h2-3,5-6,10-13,19,25-28,35H,4,7-9,14-16H2,1H3/t19-,25-,26+,27-,28+/m1/s1. The summed E-state index contributed by atoms with van der Waals surface area (Å²) in [5.74, 6) is 0.202. The van der Waals surface area contributed by atoms with Gasteiger partial charge in [-0.2, -0.15) is 13.2 Å². The van der Waals surface area contributed by atoms with E-state index >= 15 is 0 Å². The second kappa shape index (κ2) is 10.2. The Morgan fingerprint density at radius 3 is 2.49 bits per heavy atom. The SMILES string of the molecule is Cc1cc([C@@H](CO)O[C@H]2CC[C@@H]3CN(C4=CC(=O)CC4)C[C@H]3[C@@H]2c2ccc(F)cc2)cc(C(F)(F)F)c1. The number of aliphatic hydroxyl groups is 1. The van der Waals surface area contributed by atoms with Crippen LogP contribution in [0, 0.1) is 24.6 Å². The number of carbonyl (C=O) groups is 1. The van der Waals surface area contributed by atoms with E-state index in [0.717, 1.165) is 49.3 Å². The predicted octanol–water partition coefficient (Wildman–Crippen LogP) is 5.94. The monoisotopic (exact) mass is 517 g/mol. The molecular formula is C29H31F4NO3. The second-order valence-corrected chi connectivity index (χ2v) is 10.6. The number of fused-ring (bicyclic) bond motifs is 1. The van der Waals surface area contributed by atoms with E-state index in [2.05, 4.69) is 4.90 Å². The number of ether oxygens (including phenoxy) is 1. The third kappa shape index (κ3) is 5.46. The molecule has 1 heterocycles. The van der Waals surface area contributed by atoms with Gasteiger partial charge in [-0.25, -0.2) is 4.39 Å². The summed E-state index contributed by atoms with van der Waals surface area (Å²) in [4.78, 5) is 14.1. The maximum atomic E-state index is 13.8. The van der Waals surface area contributed by atoms with Crippen LogP contribution in [0.15, 0.2) is 54.2 Å². The van der Waals surface area contributed by atoms with E-state index in [1.165, 1.54) is 12.1 Å². The van der Waals surface area contributed by atoms with Gasteiger partial charge in [-0.05, 0) is 73.4 Å². The highest BCUT2D eigenvalue weighted by Gasteiger charge is 2.47. The quantitative estimate of drug-likeness (QED) is 0.482. The van der Waals surface area contributed by atoms with E-state index in [1.54, 1.807) is 31.2 Å². The van der Waals surface area contributed by atoms with Gasteiger partial charge in [0.15, 0.2) is 5.78 Å². The Bertz CT molecular complexity index is 1180. The van der Waals surface area contributed by atoms with Gasteiger partial charge in [-0.15, -0.1) is 0 Å². The number of aliphatic hydroxyl groups excluding tert-OH is 1. The van der Waals surface area contributed by atoms with E-state index in [-0.39, 0.29) is 35.1 Å². The maximum Gasteiger partial charge on any atom is 0.416 e. The third-order valence-corrected chi connectivity index (χ3v) is 8.10. The highest BCUT2D eigenvalue weighted by atomic mass is 19.4. The maximum absolute atomic E-state index is 13.8. The topological polar surface area (TPSA) is 49.8 Å². The van der Waals surface area contributed by atoms with E-state index < -0.39 is 24.5 Å². The fourth-order valence-corrected chi connectivity index (χ4v) is 6.41. The number of hydrogen-bond acceptors (Lipinski definition) is 4. The van der Waals surface area contributed by atoms with Crippen molar-refractivity contribution in [1.29, 1.82) is 0 Å². The Balaban J connectivity index is 1.44. The first-order valence-electron chi connectivity index (χ1n) is 12.8. The highest BCUT2D eigenvalue weighted by Crippen LogP contribution is 2.49. The molecule has 37 heavy (non-hydrogen) atoms. The van der Waals surface area contributed by atoms with Crippen molar-refractivity contribution in [3.8, 4) is 0 Å². The summed E-state index contributed by atoms with van der Waals surface area (Å²) in [6.07, 6.45) is -1.25. The van der Waals surface area contributed by atoms with Crippen LogP contribution in [-0.4, -0.2) is 41.6 Å². The van der Waals surface area contributed by atoms with Crippen molar-refractivity contribution in [2.75, 3.05) is 19.7 Å². The minimum atomic E-state index is -4.50. The molecule has 3 aliphatic rings. The molecule has 0 spiro atoms. The lowest BCUT2D eigenvalue weighted by Gasteiger charge is -2.41. The summed E-state index contributed by atoms with van der Waals surface area (Å²) in [7, 11) is 0. The van der Waals surface area contributed by atoms with Crippen molar-refractivity contribution in [2.45, 2.75) is 56.9 Å². The molecule has 0 unspecified atom stereocenters. The predicted molar refractivity (Wildman–Crippen MR) is 130 cm³/mol. The van der Waals surface area contributed by atoms with Crippen molar-refractivity contribution < 1.29 is 32.2 Å². The number of rotatable bonds is 6. The third-order valence-electron chi connectivity index (χ3n) is 8.10. The normalized spacial score (nSPS) is 26.8. The van der Waals surface area contributed by atoms with Gasteiger partial charge < -0.3 is 14.7 Å². The number of carbonyl (C=O) groups excluding carboxylic acids is 1. The Labute approximate surface area is 213 Å². The van der Waals surface area contributed by atoms with Crippen LogP contribution >= 0.6 is 0 Å². The van der Waals surface area contributed by atoms with Crippen molar-refractivity contribution in [1.82, 2.24) is 4.90 Å². The summed E-state index contributed by atoms with van der Waals surface area (Å²) < 4.78 is 60.6. The number of ketones is 1. The van der Waals surface area contributed by atoms with Gasteiger partial charge in [0.05, 0.1) is 18.3 Å². The smallest absolute Gasteiger partial charge is 0.393 e. The molecule has 4 nitrogen and oxygen atoms in total. The number of hydrogen-bond donors (Lipinski definition) is 1. The fraction of sp³-hybridized carbons (Fsp3) is 0.483. The Hall–Kier alpha value is -2.71. The molecule has 2 aromatic carbocycles. The van der Waals surface area contributed by atoms with Gasteiger partial charge in [-0.1, -0.05) is 23.8 Å². The van der Waals surface area contributed by atoms with Gasteiger partial charge in [0.2, 0.25) is 0 Å². The molecule has 0 aromatic heterocycles. The molecule has 0 amide bonds. The van der Waals surface area contributed by atoms with Crippen LogP contribution in [0.4, 0.5) is 17.6 Å². The van der Waals surface area contributed by atoms with Crippen molar-refractivity contribution in [3.05, 3.63) is 82.3 Å². The second-order valence-electron chi connectivity index (χ2n) is 10.6. The molecule has 5 atom stereocenters. The van der Waals surface area contributed by atoms with Crippen molar-refractivity contribution >= 4 is 5.78 Å². The van der Waals surface area contributed by atoms with Crippen molar-refractivity contribution in [3.63, 3.8) is 0 Å².